The van der Waals surface area contributed by atoms with E-state index < -0.39 is 12.0 Å². The summed E-state index contributed by atoms with van der Waals surface area (Å²) in [4.78, 5) is 23.0. The number of hydrogen-bond acceptors (Lipinski definition) is 4. The molecule has 5 heteroatoms. The van der Waals surface area contributed by atoms with Crippen molar-refractivity contribution in [2.24, 2.45) is 0 Å². The molecule has 21 heavy (non-hydrogen) atoms. The second kappa shape index (κ2) is 8.29. The molecule has 1 rings (SSSR count). The van der Waals surface area contributed by atoms with Crippen LogP contribution < -0.4 is 10.1 Å². The van der Waals surface area contributed by atoms with Crippen LogP contribution in [0.4, 0.5) is 0 Å². The molecule has 0 bridgehead atoms. The van der Waals surface area contributed by atoms with E-state index in [1.54, 1.807) is 13.8 Å². The highest BCUT2D eigenvalue weighted by Gasteiger charge is 2.16. The topological polar surface area (TPSA) is 64.6 Å². The lowest BCUT2D eigenvalue weighted by atomic mass is 10.1. The molecule has 0 spiro atoms. The number of amides is 1. The Balaban J connectivity index is 2.33. The molecule has 1 N–H and O–H groups in total. The SMILES string of the molecule is CCOC(=O)C(C)NC(=O)CCOc1ccc(C)c(C)c1. The Bertz CT molecular complexity index is 499. The number of benzene rings is 1. The van der Waals surface area contributed by atoms with Gasteiger partial charge < -0.3 is 14.8 Å². The van der Waals surface area contributed by atoms with Gasteiger partial charge in [0.2, 0.25) is 5.91 Å². The van der Waals surface area contributed by atoms with Crippen LogP contribution in [0.2, 0.25) is 0 Å². The van der Waals surface area contributed by atoms with Crippen molar-refractivity contribution in [2.45, 2.75) is 40.2 Å². The smallest absolute Gasteiger partial charge is 0.328 e. The number of nitrogens with one attached hydrogen (secondary N) is 1. The van der Waals surface area contributed by atoms with Crippen molar-refractivity contribution in [3.05, 3.63) is 29.3 Å². The van der Waals surface area contributed by atoms with Crippen molar-refractivity contribution in [3.63, 3.8) is 0 Å². The molecular weight excluding hydrogens is 270 g/mol. The molecule has 0 saturated carbocycles. The Hall–Kier alpha value is -2.04. The Morgan fingerprint density at radius 3 is 2.57 bits per heavy atom. The number of aryl methyl sites for hydroxylation is 2. The molecular formula is C16H23NO4. The van der Waals surface area contributed by atoms with Crippen LogP contribution in [-0.2, 0) is 14.3 Å². The molecule has 0 aliphatic carbocycles. The first-order valence-electron chi connectivity index (χ1n) is 7.10. The molecule has 1 unspecified atom stereocenters. The van der Waals surface area contributed by atoms with Crippen molar-refractivity contribution < 1.29 is 19.1 Å². The van der Waals surface area contributed by atoms with Crippen LogP contribution in [0.25, 0.3) is 0 Å². The highest BCUT2D eigenvalue weighted by Crippen LogP contribution is 2.16. The third kappa shape index (κ3) is 5.85. The molecule has 1 atom stereocenters. The normalized spacial score (nSPS) is 11.6. The summed E-state index contributed by atoms with van der Waals surface area (Å²) in [5, 5.41) is 2.58. The first kappa shape index (κ1) is 17.0. The zero-order valence-corrected chi connectivity index (χ0v) is 13.1. The van der Waals surface area contributed by atoms with E-state index in [2.05, 4.69) is 5.32 Å². The van der Waals surface area contributed by atoms with Gasteiger partial charge in [-0.05, 0) is 51.0 Å². The first-order valence-corrected chi connectivity index (χ1v) is 7.10. The number of carbonyl (C=O) groups excluding carboxylic acids is 2. The summed E-state index contributed by atoms with van der Waals surface area (Å²) >= 11 is 0. The fourth-order valence-electron chi connectivity index (χ4n) is 1.71. The van der Waals surface area contributed by atoms with Gasteiger partial charge in [0.05, 0.1) is 19.6 Å². The van der Waals surface area contributed by atoms with Gasteiger partial charge in [0, 0.05) is 0 Å². The van der Waals surface area contributed by atoms with Gasteiger partial charge in [-0.3, -0.25) is 4.79 Å². The molecule has 1 amide bonds. The summed E-state index contributed by atoms with van der Waals surface area (Å²) in [7, 11) is 0. The highest BCUT2D eigenvalue weighted by atomic mass is 16.5. The van der Waals surface area contributed by atoms with Crippen molar-refractivity contribution in [3.8, 4) is 5.75 Å². The molecule has 116 valence electrons. The molecule has 0 saturated heterocycles. The zero-order valence-electron chi connectivity index (χ0n) is 13.1. The highest BCUT2D eigenvalue weighted by molar-refractivity contribution is 5.84. The number of ether oxygens (including phenoxy) is 2. The summed E-state index contributed by atoms with van der Waals surface area (Å²) in [6, 6.07) is 5.16. The average Bonchev–Trinajstić information content (AvgIpc) is 2.43. The quantitative estimate of drug-likeness (QED) is 0.782. The maximum atomic E-state index is 11.7. The van der Waals surface area contributed by atoms with Crippen LogP contribution in [0.15, 0.2) is 18.2 Å². The lowest BCUT2D eigenvalue weighted by Gasteiger charge is -2.13. The Kier molecular flexibility index (Phi) is 6.72. The number of carbonyl (C=O) groups is 2. The van der Waals surface area contributed by atoms with Gasteiger partial charge in [0.1, 0.15) is 11.8 Å². The van der Waals surface area contributed by atoms with Gasteiger partial charge in [0.25, 0.3) is 0 Å². The molecule has 0 aliphatic rings. The molecule has 0 radical (unpaired) electrons. The molecule has 0 heterocycles. The predicted molar refractivity (Wildman–Crippen MR) is 80.3 cm³/mol. The first-order chi connectivity index (χ1) is 9.93. The molecule has 1 aromatic rings. The maximum Gasteiger partial charge on any atom is 0.328 e. The van der Waals surface area contributed by atoms with Crippen molar-refractivity contribution in [2.75, 3.05) is 13.2 Å². The van der Waals surface area contributed by atoms with Gasteiger partial charge in [-0.15, -0.1) is 0 Å². The van der Waals surface area contributed by atoms with Gasteiger partial charge in [-0.2, -0.15) is 0 Å². The van der Waals surface area contributed by atoms with Crippen molar-refractivity contribution in [1.82, 2.24) is 5.32 Å². The maximum absolute atomic E-state index is 11.7. The standard InChI is InChI=1S/C16H23NO4/c1-5-20-16(19)13(4)17-15(18)8-9-21-14-7-6-11(2)12(3)10-14/h6-7,10,13H,5,8-9H2,1-4H3,(H,17,18). The minimum absolute atomic E-state index is 0.191. The summed E-state index contributed by atoms with van der Waals surface area (Å²) in [5.41, 5.74) is 2.34. The summed E-state index contributed by atoms with van der Waals surface area (Å²) in [6.07, 6.45) is 0.191. The zero-order chi connectivity index (χ0) is 15.8. The van der Waals surface area contributed by atoms with E-state index in [0.29, 0.717) is 6.61 Å². The van der Waals surface area contributed by atoms with E-state index in [-0.39, 0.29) is 18.9 Å². The van der Waals surface area contributed by atoms with Crippen LogP contribution in [-0.4, -0.2) is 31.1 Å². The Labute approximate surface area is 125 Å². The van der Waals surface area contributed by atoms with Crippen LogP contribution in [0.1, 0.15) is 31.4 Å². The molecule has 0 fully saturated rings. The van der Waals surface area contributed by atoms with Gasteiger partial charge in [-0.25, -0.2) is 4.79 Å². The van der Waals surface area contributed by atoms with E-state index in [1.807, 2.05) is 32.0 Å². The van der Waals surface area contributed by atoms with Crippen LogP contribution >= 0.6 is 0 Å². The minimum Gasteiger partial charge on any atom is -0.493 e. The minimum atomic E-state index is -0.640. The lowest BCUT2D eigenvalue weighted by molar-refractivity contribution is -0.146. The van der Waals surface area contributed by atoms with Gasteiger partial charge >= 0.3 is 5.97 Å². The van der Waals surface area contributed by atoms with Crippen molar-refractivity contribution in [1.29, 1.82) is 0 Å². The van der Waals surface area contributed by atoms with Crippen LogP contribution in [0.3, 0.4) is 0 Å². The largest absolute Gasteiger partial charge is 0.493 e. The summed E-state index contributed by atoms with van der Waals surface area (Å²) < 4.78 is 10.3. The van der Waals surface area contributed by atoms with E-state index in [9.17, 15) is 9.59 Å². The third-order valence-electron chi connectivity index (χ3n) is 3.09. The number of rotatable bonds is 7. The Morgan fingerprint density at radius 1 is 1.24 bits per heavy atom. The summed E-state index contributed by atoms with van der Waals surface area (Å²) in [6.45, 7) is 7.93. The second-order valence-electron chi connectivity index (χ2n) is 4.89. The second-order valence-corrected chi connectivity index (χ2v) is 4.89. The fraction of sp³-hybridized carbons (Fsp3) is 0.500. The van der Waals surface area contributed by atoms with Crippen LogP contribution in [0.5, 0.6) is 5.75 Å². The third-order valence-corrected chi connectivity index (χ3v) is 3.09. The van der Waals surface area contributed by atoms with E-state index in [4.69, 9.17) is 9.47 Å². The van der Waals surface area contributed by atoms with E-state index in [0.717, 1.165) is 11.3 Å². The predicted octanol–water partition coefficient (Wildman–Crippen LogP) is 2.14. The van der Waals surface area contributed by atoms with Gasteiger partial charge in [0.15, 0.2) is 0 Å². The van der Waals surface area contributed by atoms with E-state index in [1.165, 1.54) is 5.56 Å². The summed E-state index contributed by atoms with van der Waals surface area (Å²) in [5.74, 6) is 0.0738. The number of hydrogen-bond donors (Lipinski definition) is 1. The fourth-order valence-corrected chi connectivity index (χ4v) is 1.71. The number of esters is 1. The average molecular weight is 293 g/mol. The van der Waals surface area contributed by atoms with Crippen LogP contribution in [0, 0.1) is 13.8 Å². The van der Waals surface area contributed by atoms with Gasteiger partial charge in [-0.1, -0.05) is 6.07 Å². The molecule has 5 nitrogen and oxygen atoms in total. The lowest BCUT2D eigenvalue weighted by Crippen LogP contribution is -2.40. The molecule has 0 aliphatic heterocycles. The van der Waals surface area contributed by atoms with E-state index >= 15 is 0 Å². The molecule has 1 aromatic carbocycles. The van der Waals surface area contributed by atoms with Crippen molar-refractivity contribution >= 4 is 11.9 Å². The Morgan fingerprint density at radius 2 is 1.95 bits per heavy atom. The monoisotopic (exact) mass is 293 g/mol. The molecule has 0 aromatic heterocycles.